The molecule has 94 valence electrons. The lowest BCUT2D eigenvalue weighted by molar-refractivity contribution is 0.276. The van der Waals surface area contributed by atoms with Gasteiger partial charge in [-0.05, 0) is 30.7 Å². The minimum absolute atomic E-state index is 0.0610. The Labute approximate surface area is 106 Å². The van der Waals surface area contributed by atoms with Crippen molar-refractivity contribution < 1.29 is 9.84 Å². The highest BCUT2D eigenvalue weighted by Crippen LogP contribution is 2.15. The molecule has 1 aromatic carbocycles. The molecule has 0 bridgehead atoms. The van der Waals surface area contributed by atoms with E-state index >= 15 is 0 Å². The zero-order chi connectivity index (χ0) is 13.0. The summed E-state index contributed by atoms with van der Waals surface area (Å²) >= 11 is 0. The zero-order valence-electron chi connectivity index (χ0n) is 10.6. The standard InChI is InChI=1S/C14H16N2O2/c1-10-6-12(9-17)16-14(15-10)8-11-4-3-5-13(7-11)18-2/h3-7,17H,8-9H2,1-2H3. The second-order valence-corrected chi connectivity index (χ2v) is 4.10. The van der Waals surface area contributed by atoms with Crippen molar-refractivity contribution in [2.75, 3.05) is 7.11 Å². The van der Waals surface area contributed by atoms with Crippen molar-refractivity contribution in [3.05, 3.63) is 53.1 Å². The lowest BCUT2D eigenvalue weighted by Crippen LogP contribution is -2.02. The summed E-state index contributed by atoms with van der Waals surface area (Å²) < 4.78 is 5.18. The van der Waals surface area contributed by atoms with E-state index in [0.29, 0.717) is 17.9 Å². The Morgan fingerprint density at radius 3 is 2.78 bits per heavy atom. The zero-order valence-corrected chi connectivity index (χ0v) is 10.6. The maximum atomic E-state index is 9.12. The van der Waals surface area contributed by atoms with Gasteiger partial charge in [-0.2, -0.15) is 0 Å². The van der Waals surface area contributed by atoms with E-state index in [2.05, 4.69) is 9.97 Å². The molecule has 0 fully saturated rings. The Hall–Kier alpha value is -1.94. The monoisotopic (exact) mass is 244 g/mol. The number of methoxy groups -OCH3 is 1. The second-order valence-electron chi connectivity index (χ2n) is 4.10. The largest absolute Gasteiger partial charge is 0.497 e. The first kappa shape index (κ1) is 12.5. The summed E-state index contributed by atoms with van der Waals surface area (Å²) in [6, 6.07) is 9.60. The fraction of sp³-hybridized carbons (Fsp3) is 0.286. The van der Waals surface area contributed by atoms with Gasteiger partial charge in [0.2, 0.25) is 0 Å². The summed E-state index contributed by atoms with van der Waals surface area (Å²) in [5, 5.41) is 9.12. The summed E-state index contributed by atoms with van der Waals surface area (Å²) in [6.45, 7) is 1.84. The van der Waals surface area contributed by atoms with Gasteiger partial charge in [-0.25, -0.2) is 9.97 Å². The molecule has 1 heterocycles. The summed E-state index contributed by atoms with van der Waals surface area (Å²) in [4.78, 5) is 8.67. The lowest BCUT2D eigenvalue weighted by atomic mass is 10.1. The highest BCUT2D eigenvalue weighted by Gasteiger charge is 2.04. The average molecular weight is 244 g/mol. The van der Waals surface area contributed by atoms with Crippen LogP contribution in [-0.4, -0.2) is 22.2 Å². The van der Waals surface area contributed by atoms with Crippen molar-refractivity contribution in [2.24, 2.45) is 0 Å². The third-order valence-corrected chi connectivity index (χ3v) is 2.61. The van der Waals surface area contributed by atoms with E-state index in [1.54, 1.807) is 13.2 Å². The molecular formula is C14H16N2O2. The van der Waals surface area contributed by atoms with Crippen LogP contribution >= 0.6 is 0 Å². The van der Waals surface area contributed by atoms with Crippen molar-refractivity contribution in [3.63, 3.8) is 0 Å². The predicted octanol–water partition coefficient (Wildman–Crippen LogP) is 1.88. The molecule has 0 spiro atoms. The maximum absolute atomic E-state index is 9.12. The molecule has 0 amide bonds. The molecule has 2 aromatic rings. The molecule has 1 aromatic heterocycles. The third kappa shape index (κ3) is 3.05. The van der Waals surface area contributed by atoms with Crippen LogP contribution in [0.15, 0.2) is 30.3 Å². The molecule has 0 saturated heterocycles. The van der Waals surface area contributed by atoms with Crippen LogP contribution in [0.1, 0.15) is 22.8 Å². The van der Waals surface area contributed by atoms with Gasteiger partial charge in [0.05, 0.1) is 19.4 Å². The van der Waals surface area contributed by atoms with Gasteiger partial charge in [-0.1, -0.05) is 12.1 Å². The third-order valence-electron chi connectivity index (χ3n) is 2.61. The first-order chi connectivity index (χ1) is 8.71. The van der Waals surface area contributed by atoms with Gasteiger partial charge in [0.25, 0.3) is 0 Å². The number of hydrogen-bond acceptors (Lipinski definition) is 4. The molecule has 2 rings (SSSR count). The fourth-order valence-electron chi connectivity index (χ4n) is 1.83. The van der Waals surface area contributed by atoms with Crippen molar-refractivity contribution >= 4 is 0 Å². The van der Waals surface area contributed by atoms with Crippen LogP contribution < -0.4 is 4.74 Å². The molecule has 0 saturated carbocycles. The number of ether oxygens (including phenoxy) is 1. The number of nitrogens with zero attached hydrogens (tertiary/aromatic N) is 2. The van der Waals surface area contributed by atoms with Crippen molar-refractivity contribution in [1.82, 2.24) is 9.97 Å². The van der Waals surface area contributed by atoms with E-state index in [9.17, 15) is 0 Å². The van der Waals surface area contributed by atoms with Crippen LogP contribution in [0, 0.1) is 6.92 Å². The minimum atomic E-state index is -0.0610. The van der Waals surface area contributed by atoms with Crippen LogP contribution in [0.5, 0.6) is 5.75 Å². The lowest BCUT2D eigenvalue weighted by Gasteiger charge is -2.06. The highest BCUT2D eigenvalue weighted by molar-refractivity contribution is 5.30. The van der Waals surface area contributed by atoms with Crippen LogP contribution in [0.2, 0.25) is 0 Å². The maximum Gasteiger partial charge on any atom is 0.133 e. The number of hydrogen-bond donors (Lipinski definition) is 1. The topological polar surface area (TPSA) is 55.2 Å². The Balaban J connectivity index is 2.24. The van der Waals surface area contributed by atoms with Gasteiger partial charge in [0, 0.05) is 12.1 Å². The molecule has 18 heavy (non-hydrogen) atoms. The number of rotatable bonds is 4. The van der Waals surface area contributed by atoms with Crippen molar-refractivity contribution in [3.8, 4) is 5.75 Å². The molecule has 0 aliphatic rings. The highest BCUT2D eigenvalue weighted by atomic mass is 16.5. The molecular weight excluding hydrogens is 228 g/mol. The predicted molar refractivity (Wildman–Crippen MR) is 68.5 cm³/mol. The SMILES string of the molecule is COc1cccc(Cc2nc(C)cc(CO)n2)c1. The van der Waals surface area contributed by atoms with Crippen molar-refractivity contribution in [2.45, 2.75) is 20.0 Å². The number of aliphatic hydroxyl groups excluding tert-OH is 1. The number of benzene rings is 1. The Morgan fingerprint density at radius 2 is 2.06 bits per heavy atom. The Morgan fingerprint density at radius 1 is 1.22 bits per heavy atom. The van der Waals surface area contributed by atoms with Crippen LogP contribution in [0.25, 0.3) is 0 Å². The van der Waals surface area contributed by atoms with Gasteiger partial charge in [0.1, 0.15) is 11.6 Å². The molecule has 4 nitrogen and oxygen atoms in total. The molecule has 1 N–H and O–H groups in total. The normalized spacial score (nSPS) is 10.4. The minimum Gasteiger partial charge on any atom is -0.497 e. The van der Waals surface area contributed by atoms with E-state index in [1.165, 1.54) is 0 Å². The summed E-state index contributed by atoms with van der Waals surface area (Å²) in [7, 11) is 1.64. The van der Waals surface area contributed by atoms with Gasteiger partial charge in [-0.15, -0.1) is 0 Å². The average Bonchev–Trinajstić information content (AvgIpc) is 2.38. The Bertz CT molecular complexity index is 541. The first-order valence-corrected chi connectivity index (χ1v) is 5.78. The molecule has 0 radical (unpaired) electrons. The molecule has 0 atom stereocenters. The molecule has 0 aliphatic heterocycles. The first-order valence-electron chi connectivity index (χ1n) is 5.78. The summed E-state index contributed by atoms with van der Waals surface area (Å²) in [6.07, 6.45) is 0.631. The molecule has 4 heteroatoms. The summed E-state index contributed by atoms with van der Waals surface area (Å²) in [5.41, 5.74) is 2.61. The van der Waals surface area contributed by atoms with Crippen LogP contribution in [0.4, 0.5) is 0 Å². The fourth-order valence-corrected chi connectivity index (χ4v) is 1.83. The second kappa shape index (κ2) is 5.60. The van der Waals surface area contributed by atoms with Gasteiger partial charge in [0.15, 0.2) is 0 Å². The number of aryl methyl sites for hydroxylation is 1. The number of aliphatic hydroxyl groups is 1. The summed E-state index contributed by atoms with van der Waals surface area (Å²) in [5.74, 6) is 1.54. The van der Waals surface area contributed by atoms with Gasteiger partial charge < -0.3 is 9.84 Å². The molecule has 0 unspecified atom stereocenters. The van der Waals surface area contributed by atoms with Crippen molar-refractivity contribution in [1.29, 1.82) is 0 Å². The van der Waals surface area contributed by atoms with Gasteiger partial charge in [-0.3, -0.25) is 0 Å². The number of aromatic nitrogens is 2. The van der Waals surface area contributed by atoms with E-state index in [4.69, 9.17) is 9.84 Å². The van der Waals surface area contributed by atoms with Gasteiger partial charge >= 0.3 is 0 Å². The smallest absolute Gasteiger partial charge is 0.133 e. The Kier molecular flexibility index (Phi) is 3.89. The van der Waals surface area contributed by atoms with E-state index in [-0.39, 0.29) is 6.61 Å². The van der Waals surface area contributed by atoms with E-state index < -0.39 is 0 Å². The van der Waals surface area contributed by atoms with E-state index in [1.807, 2.05) is 31.2 Å². The molecule has 0 aliphatic carbocycles. The van der Waals surface area contributed by atoms with Crippen LogP contribution in [-0.2, 0) is 13.0 Å². The van der Waals surface area contributed by atoms with E-state index in [0.717, 1.165) is 17.0 Å². The quantitative estimate of drug-likeness (QED) is 0.892. The van der Waals surface area contributed by atoms with Crippen LogP contribution in [0.3, 0.4) is 0 Å².